The van der Waals surface area contributed by atoms with E-state index in [0.29, 0.717) is 0 Å². The monoisotopic (exact) mass is 510 g/mol. The largest absolute Gasteiger partial charge is 0.310 e. The summed E-state index contributed by atoms with van der Waals surface area (Å²) in [4.78, 5) is 2.41. The highest BCUT2D eigenvalue weighted by Crippen LogP contribution is 2.43. The lowest BCUT2D eigenvalue weighted by atomic mass is 9.99. The maximum Gasteiger partial charge on any atom is 0.0546 e. The third-order valence-corrected chi connectivity index (χ3v) is 7.93. The molecule has 0 aliphatic heterocycles. The van der Waals surface area contributed by atoms with Gasteiger partial charge < -0.3 is 9.47 Å². The molecule has 8 aromatic rings. The van der Waals surface area contributed by atoms with Crippen LogP contribution in [0, 0.1) is 0 Å². The summed E-state index contributed by atoms with van der Waals surface area (Å²) in [7, 11) is 0. The first-order valence-corrected chi connectivity index (χ1v) is 13.7. The van der Waals surface area contributed by atoms with E-state index in [9.17, 15) is 0 Å². The quantitative estimate of drug-likeness (QED) is 0.214. The van der Waals surface area contributed by atoms with E-state index < -0.39 is 0 Å². The first kappa shape index (κ1) is 22.6. The van der Waals surface area contributed by atoms with Crippen LogP contribution in [0.2, 0.25) is 0 Å². The van der Waals surface area contributed by atoms with E-state index in [4.69, 9.17) is 0 Å². The van der Waals surface area contributed by atoms with E-state index in [0.717, 1.165) is 11.4 Å². The standard InChI is InChI=1S/C38H26N2/c1-3-14-28(15-4-1)39(38-25-27-13-7-8-18-31(27)32-19-9-10-20-33(32)38)30-23-24-37-35(26-30)34-21-11-12-22-36(34)40(37)29-16-5-2-6-17-29/h1-26H. The molecule has 0 fully saturated rings. The highest BCUT2D eigenvalue weighted by molar-refractivity contribution is 6.15. The van der Waals surface area contributed by atoms with Crippen LogP contribution in [0.3, 0.4) is 0 Å². The molecule has 188 valence electrons. The van der Waals surface area contributed by atoms with E-state index in [2.05, 4.69) is 167 Å². The van der Waals surface area contributed by atoms with Crippen molar-refractivity contribution in [2.45, 2.75) is 0 Å². The number of fused-ring (bicyclic) bond motifs is 6. The second-order valence-corrected chi connectivity index (χ2v) is 10.2. The predicted octanol–water partition coefficient (Wildman–Crippen LogP) is 10.6. The average molecular weight is 511 g/mol. The summed E-state index contributed by atoms with van der Waals surface area (Å²) in [6.07, 6.45) is 0. The Kier molecular flexibility index (Phi) is 5.17. The number of nitrogens with zero attached hydrogens (tertiary/aromatic N) is 2. The third kappa shape index (κ3) is 3.50. The molecule has 8 rings (SSSR count). The van der Waals surface area contributed by atoms with Crippen molar-refractivity contribution < 1.29 is 0 Å². The molecule has 0 unspecified atom stereocenters. The molecule has 0 atom stereocenters. The van der Waals surface area contributed by atoms with E-state index in [1.807, 2.05) is 0 Å². The van der Waals surface area contributed by atoms with Crippen LogP contribution >= 0.6 is 0 Å². The van der Waals surface area contributed by atoms with E-state index in [-0.39, 0.29) is 0 Å². The molecule has 0 spiro atoms. The van der Waals surface area contributed by atoms with Gasteiger partial charge in [0.1, 0.15) is 0 Å². The molecule has 0 aliphatic rings. The third-order valence-electron chi connectivity index (χ3n) is 7.93. The second-order valence-electron chi connectivity index (χ2n) is 10.2. The van der Waals surface area contributed by atoms with Crippen molar-refractivity contribution in [3.8, 4) is 5.69 Å². The van der Waals surface area contributed by atoms with Gasteiger partial charge in [0.2, 0.25) is 0 Å². The molecular formula is C38H26N2. The summed E-state index contributed by atoms with van der Waals surface area (Å²) in [5.41, 5.74) is 7.02. The Hall–Kier alpha value is -5.34. The van der Waals surface area contributed by atoms with Crippen LogP contribution in [0.25, 0.3) is 49.0 Å². The molecule has 0 saturated carbocycles. The van der Waals surface area contributed by atoms with Gasteiger partial charge in [-0.25, -0.2) is 0 Å². The second kappa shape index (κ2) is 9.14. The molecule has 40 heavy (non-hydrogen) atoms. The summed E-state index contributed by atoms with van der Waals surface area (Å²) >= 11 is 0. The lowest BCUT2D eigenvalue weighted by molar-refractivity contribution is 1.18. The fraction of sp³-hybridized carbons (Fsp3) is 0. The molecule has 1 aromatic heterocycles. The summed E-state index contributed by atoms with van der Waals surface area (Å²) in [6.45, 7) is 0. The Morgan fingerprint density at radius 1 is 0.375 bits per heavy atom. The fourth-order valence-electron chi connectivity index (χ4n) is 6.18. The zero-order valence-electron chi connectivity index (χ0n) is 21.9. The Morgan fingerprint density at radius 2 is 0.975 bits per heavy atom. The molecule has 0 N–H and O–H groups in total. The lowest BCUT2D eigenvalue weighted by Crippen LogP contribution is -2.10. The molecule has 0 radical (unpaired) electrons. The molecule has 1 heterocycles. The van der Waals surface area contributed by atoms with Gasteiger partial charge >= 0.3 is 0 Å². The zero-order valence-corrected chi connectivity index (χ0v) is 21.9. The van der Waals surface area contributed by atoms with Crippen LogP contribution in [-0.2, 0) is 0 Å². The van der Waals surface area contributed by atoms with Gasteiger partial charge in [0, 0.05) is 33.2 Å². The normalized spacial score (nSPS) is 11.5. The van der Waals surface area contributed by atoms with Crippen LogP contribution in [0.5, 0.6) is 0 Å². The number of benzene rings is 7. The Morgan fingerprint density at radius 3 is 1.77 bits per heavy atom. The minimum Gasteiger partial charge on any atom is -0.310 e. The van der Waals surface area contributed by atoms with Gasteiger partial charge in [-0.2, -0.15) is 0 Å². The minimum atomic E-state index is 1.13. The summed E-state index contributed by atoms with van der Waals surface area (Å²) in [5, 5.41) is 7.49. The molecule has 7 aromatic carbocycles. The van der Waals surface area contributed by atoms with Crippen molar-refractivity contribution >= 4 is 60.4 Å². The number of hydrogen-bond donors (Lipinski definition) is 0. The van der Waals surface area contributed by atoms with Crippen LogP contribution in [0.1, 0.15) is 0 Å². The number of aromatic nitrogens is 1. The van der Waals surface area contributed by atoms with Crippen LogP contribution in [0.4, 0.5) is 17.1 Å². The number of rotatable bonds is 4. The van der Waals surface area contributed by atoms with Gasteiger partial charge in [-0.15, -0.1) is 0 Å². The van der Waals surface area contributed by atoms with Crippen molar-refractivity contribution in [1.29, 1.82) is 0 Å². The van der Waals surface area contributed by atoms with Gasteiger partial charge in [0.15, 0.2) is 0 Å². The van der Waals surface area contributed by atoms with Gasteiger partial charge in [0.05, 0.1) is 16.7 Å². The van der Waals surface area contributed by atoms with Gasteiger partial charge in [0.25, 0.3) is 0 Å². The Labute approximate surface area is 233 Å². The van der Waals surface area contributed by atoms with Gasteiger partial charge in [-0.3, -0.25) is 0 Å². The van der Waals surface area contributed by atoms with Crippen molar-refractivity contribution in [2.24, 2.45) is 0 Å². The van der Waals surface area contributed by atoms with Crippen molar-refractivity contribution in [2.75, 3.05) is 4.90 Å². The van der Waals surface area contributed by atoms with Gasteiger partial charge in [-0.05, 0) is 70.8 Å². The highest BCUT2D eigenvalue weighted by Gasteiger charge is 2.19. The summed E-state index contributed by atoms with van der Waals surface area (Å²) < 4.78 is 2.37. The van der Waals surface area contributed by atoms with Crippen molar-refractivity contribution in [1.82, 2.24) is 4.57 Å². The molecule has 0 aliphatic carbocycles. The maximum atomic E-state index is 2.41. The Balaban J connectivity index is 1.44. The molecule has 0 saturated heterocycles. The smallest absolute Gasteiger partial charge is 0.0546 e. The van der Waals surface area contributed by atoms with Crippen LogP contribution in [0.15, 0.2) is 158 Å². The summed E-state index contributed by atoms with van der Waals surface area (Å²) in [5.74, 6) is 0. The minimum absolute atomic E-state index is 1.13. The van der Waals surface area contributed by atoms with Crippen molar-refractivity contribution in [3.05, 3.63) is 158 Å². The first-order chi connectivity index (χ1) is 19.9. The number of anilines is 3. The zero-order chi connectivity index (χ0) is 26.5. The first-order valence-electron chi connectivity index (χ1n) is 13.7. The topological polar surface area (TPSA) is 8.17 Å². The SMILES string of the molecule is c1ccc(N(c2ccc3c(c2)c2ccccc2n3-c2ccccc2)c2cc3ccccc3c3ccccc23)cc1. The lowest BCUT2D eigenvalue weighted by Gasteiger charge is -2.27. The average Bonchev–Trinajstić information content (AvgIpc) is 3.36. The molecule has 2 nitrogen and oxygen atoms in total. The van der Waals surface area contributed by atoms with Crippen LogP contribution in [-0.4, -0.2) is 4.57 Å². The molecule has 2 heteroatoms. The Bertz CT molecular complexity index is 2160. The van der Waals surface area contributed by atoms with E-state index in [1.54, 1.807) is 0 Å². The van der Waals surface area contributed by atoms with Crippen molar-refractivity contribution in [3.63, 3.8) is 0 Å². The van der Waals surface area contributed by atoms with E-state index in [1.165, 1.54) is 54.7 Å². The predicted molar refractivity (Wildman–Crippen MR) is 170 cm³/mol. The summed E-state index contributed by atoms with van der Waals surface area (Å²) in [6, 6.07) is 56.7. The maximum absolute atomic E-state index is 2.41. The molecular weight excluding hydrogens is 484 g/mol. The highest BCUT2D eigenvalue weighted by atomic mass is 15.1. The van der Waals surface area contributed by atoms with Crippen LogP contribution < -0.4 is 4.90 Å². The number of para-hydroxylation sites is 3. The van der Waals surface area contributed by atoms with Gasteiger partial charge in [-0.1, -0.05) is 103 Å². The molecule has 0 bridgehead atoms. The number of hydrogen-bond acceptors (Lipinski definition) is 1. The fourth-order valence-corrected chi connectivity index (χ4v) is 6.18. The van der Waals surface area contributed by atoms with E-state index >= 15 is 0 Å². The molecule has 0 amide bonds.